The molecule has 1 aromatic carbocycles. The summed E-state index contributed by atoms with van der Waals surface area (Å²) in [6.07, 6.45) is 3.92. The third kappa shape index (κ3) is 3.37. The van der Waals surface area contributed by atoms with Gasteiger partial charge in [-0.2, -0.15) is 0 Å². The van der Waals surface area contributed by atoms with Gasteiger partial charge in [0.15, 0.2) is 0 Å². The summed E-state index contributed by atoms with van der Waals surface area (Å²) < 4.78 is 28.4. The Balaban J connectivity index is 2.33. The van der Waals surface area contributed by atoms with E-state index in [0.29, 0.717) is 11.0 Å². The van der Waals surface area contributed by atoms with Crippen LogP contribution in [0, 0.1) is 0 Å². The average Bonchev–Trinajstić information content (AvgIpc) is 2.75. The minimum atomic E-state index is -3.52. The number of nitrogens with two attached hydrogens (primary N) is 1. The molecule has 19 heavy (non-hydrogen) atoms. The molecule has 1 aliphatic carbocycles. The first-order valence-electron chi connectivity index (χ1n) is 6.39. The molecule has 2 rings (SSSR count). The zero-order valence-corrected chi connectivity index (χ0v) is 13.4. The molecule has 0 spiro atoms. The summed E-state index contributed by atoms with van der Waals surface area (Å²) in [5.74, 6) is 0. The third-order valence-corrected chi connectivity index (χ3v) is 6.24. The van der Waals surface area contributed by atoms with Crippen molar-refractivity contribution >= 4 is 26.0 Å². The van der Waals surface area contributed by atoms with E-state index in [1.807, 2.05) is 13.0 Å². The molecular formula is C13H19BrN2O2S. The topological polar surface area (TPSA) is 72.2 Å². The van der Waals surface area contributed by atoms with Crippen LogP contribution in [0.4, 0.5) is 0 Å². The molecule has 0 saturated heterocycles. The lowest BCUT2D eigenvalue weighted by Gasteiger charge is -2.25. The van der Waals surface area contributed by atoms with Crippen molar-refractivity contribution in [3.63, 3.8) is 0 Å². The molecule has 106 valence electrons. The second kappa shape index (κ2) is 5.52. The zero-order chi connectivity index (χ0) is 14.1. The molecule has 0 unspecified atom stereocenters. The SMILES string of the molecule is CC1(NS(=O)(=O)c2cc(CN)ccc2Br)CCCC1. The first-order chi connectivity index (χ1) is 8.86. The summed E-state index contributed by atoms with van der Waals surface area (Å²) in [5, 5.41) is 0. The molecule has 0 bridgehead atoms. The van der Waals surface area contributed by atoms with Crippen molar-refractivity contribution in [3.8, 4) is 0 Å². The summed E-state index contributed by atoms with van der Waals surface area (Å²) >= 11 is 3.30. The lowest BCUT2D eigenvalue weighted by molar-refractivity contribution is 0.427. The number of benzene rings is 1. The van der Waals surface area contributed by atoms with Gasteiger partial charge in [0.05, 0.1) is 4.90 Å². The van der Waals surface area contributed by atoms with Gasteiger partial charge >= 0.3 is 0 Å². The smallest absolute Gasteiger partial charge is 0.242 e. The highest BCUT2D eigenvalue weighted by Crippen LogP contribution is 2.32. The van der Waals surface area contributed by atoms with Gasteiger partial charge in [-0.15, -0.1) is 0 Å². The van der Waals surface area contributed by atoms with Gasteiger partial charge in [-0.1, -0.05) is 18.9 Å². The molecule has 1 saturated carbocycles. The molecule has 0 amide bonds. The lowest BCUT2D eigenvalue weighted by atomic mass is 10.0. The molecule has 1 fully saturated rings. The van der Waals surface area contributed by atoms with Crippen LogP contribution in [-0.4, -0.2) is 14.0 Å². The molecule has 0 heterocycles. The van der Waals surface area contributed by atoms with E-state index >= 15 is 0 Å². The largest absolute Gasteiger partial charge is 0.326 e. The van der Waals surface area contributed by atoms with Gasteiger partial charge in [-0.25, -0.2) is 13.1 Å². The van der Waals surface area contributed by atoms with E-state index in [4.69, 9.17) is 5.73 Å². The number of sulfonamides is 1. The molecule has 6 heteroatoms. The van der Waals surface area contributed by atoms with E-state index in [1.165, 1.54) is 0 Å². The fraction of sp³-hybridized carbons (Fsp3) is 0.538. The quantitative estimate of drug-likeness (QED) is 0.879. The van der Waals surface area contributed by atoms with Crippen LogP contribution in [0.3, 0.4) is 0 Å². The first kappa shape index (κ1) is 15.0. The molecule has 0 atom stereocenters. The fourth-order valence-electron chi connectivity index (χ4n) is 2.52. The monoisotopic (exact) mass is 346 g/mol. The maximum Gasteiger partial charge on any atom is 0.242 e. The number of nitrogens with one attached hydrogen (secondary N) is 1. The summed E-state index contributed by atoms with van der Waals surface area (Å²) in [7, 11) is -3.52. The van der Waals surface area contributed by atoms with Gasteiger partial charge in [-0.3, -0.25) is 0 Å². The van der Waals surface area contributed by atoms with Crippen LogP contribution in [0.25, 0.3) is 0 Å². The van der Waals surface area contributed by atoms with Crippen LogP contribution in [0.15, 0.2) is 27.6 Å². The van der Waals surface area contributed by atoms with Gasteiger partial charge in [0.1, 0.15) is 0 Å². The molecule has 0 aliphatic heterocycles. The van der Waals surface area contributed by atoms with Crippen molar-refractivity contribution in [2.24, 2.45) is 5.73 Å². The van der Waals surface area contributed by atoms with E-state index < -0.39 is 10.0 Å². The molecule has 1 aromatic rings. The predicted molar refractivity (Wildman–Crippen MR) is 79.2 cm³/mol. The Labute approximate surface area is 122 Å². The minimum Gasteiger partial charge on any atom is -0.326 e. The Morgan fingerprint density at radius 3 is 2.58 bits per heavy atom. The van der Waals surface area contributed by atoms with Crippen LogP contribution in [-0.2, 0) is 16.6 Å². The van der Waals surface area contributed by atoms with Crippen molar-refractivity contribution < 1.29 is 8.42 Å². The Morgan fingerprint density at radius 1 is 1.37 bits per heavy atom. The highest BCUT2D eigenvalue weighted by molar-refractivity contribution is 9.10. The summed E-state index contributed by atoms with van der Waals surface area (Å²) in [5.41, 5.74) is 6.05. The second-order valence-electron chi connectivity index (χ2n) is 5.34. The van der Waals surface area contributed by atoms with Crippen molar-refractivity contribution in [2.45, 2.75) is 49.6 Å². The van der Waals surface area contributed by atoms with Crippen molar-refractivity contribution in [3.05, 3.63) is 28.2 Å². The number of rotatable bonds is 4. The molecule has 4 nitrogen and oxygen atoms in total. The number of hydrogen-bond donors (Lipinski definition) is 2. The van der Waals surface area contributed by atoms with Gasteiger partial charge in [0, 0.05) is 16.6 Å². The fourth-order valence-corrected chi connectivity index (χ4v) is 5.00. The standard InChI is InChI=1S/C13H19BrN2O2S/c1-13(6-2-3-7-13)16-19(17,18)12-8-10(9-15)4-5-11(12)14/h4-5,8,16H,2-3,6-7,9,15H2,1H3. The summed E-state index contributed by atoms with van der Waals surface area (Å²) in [4.78, 5) is 0.267. The zero-order valence-electron chi connectivity index (χ0n) is 10.9. The third-order valence-electron chi connectivity index (χ3n) is 3.61. The van der Waals surface area contributed by atoms with E-state index in [2.05, 4.69) is 20.7 Å². The van der Waals surface area contributed by atoms with Crippen molar-refractivity contribution in [2.75, 3.05) is 0 Å². The Bertz CT molecular complexity index is 566. The van der Waals surface area contributed by atoms with Crippen LogP contribution in [0.2, 0.25) is 0 Å². The normalized spacial score (nSPS) is 18.7. The molecule has 0 radical (unpaired) electrons. The second-order valence-corrected chi connectivity index (χ2v) is 7.85. The molecule has 3 N–H and O–H groups in total. The predicted octanol–water partition coefficient (Wildman–Crippen LogP) is 2.52. The van der Waals surface area contributed by atoms with E-state index in [9.17, 15) is 8.42 Å². The first-order valence-corrected chi connectivity index (χ1v) is 8.66. The maximum absolute atomic E-state index is 12.5. The number of halogens is 1. The average molecular weight is 347 g/mol. The maximum atomic E-state index is 12.5. The van der Waals surface area contributed by atoms with Gasteiger partial charge in [0.2, 0.25) is 10.0 Å². The van der Waals surface area contributed by atoms with Crippen LogP contribution in [0.5, 0.6) is 0 Å². The highest BCUT2D eigenvalue weighted by Gasteiger charge is 2.34. The van der Waals surface area contributed by atoms with Crippen LogP contribution < -0.4 is 10.5 Å². The summed E-state index contributed by atoms with van der Waals surface area (Å²) in [6.45, 7) is 2.30. The summed E-state index contributed by atoms with van der Waals surface area (Å²) in [6, 6.07) is 5.18. The molecule has 0 aromatic heterocycles. The van der Waals surface area contributed by atoms with Crippen LogP contribution >= 0.6 is 15.9 Å². The van der Waals surface area contributed by atoms with Crippen LogP contribution in [0.1, 0.15) is 38.2 Å². The van der Waals surface area contributed by atoms with Gasteiger partial charge in [0.25, 0.3) is 0 Å². The Morgan fingerprint density at radius 2 is 2.00 bits per heavy atom. The molecule has 1 aliphatic rings. The number of hydrogen-bond acceptors (Lipinski definition) is 3. The lowest BCUT2D eigenvalue weighted by Crippen LogP contribution is -2.43. The van der Waals surface area contributed by atoms with Crippen molar-refractivity contribution in [1.82, 2.24) is 4.72 Å². The van der Waals surface area contributed by atoms with Gasteiger partial charge in [-0.05, 0) is 53.4 Å². The minimum absolute atomic E-state index is 0.267. The Kier molecular flexibility index (Phi) is 4.35. The Hall–Kier alpha value is -0.430. The van der Waals surface area contributed by atoms with Gasteiger partial charge < -0.3 is 5.73 Å². The van der Waals surface area contributed by atoms with E-state index in [1.54, 1.807) is 12.1 Å². The van der Waals surface area contributed by atoms with E-state index in [-0.39, 0.29) is 10.4 Å². The molecular weight excluding hydrogens is 328 g/mol. The highest BCUT2D eigenvalue weighted by atomic mass is 79.9. The van der Waals surface area contributed by atoms with Crippen molar-refractivity contribution in [1.29, 1.82) is 0 Å². The van der Waals surface area contributed by atoms with E-state index in [0.717, 1.165) is 31.2 Å².